The molecule has 0 atom stereocenters. The Bertz CT molecular complexity index is 1090. The summed E-state index contributed by atoms with van der Waals surface area (Å²) in [6.45, 7) is 0. The van der Waals surface area contributed by atoms with Crippen molar-refractivity contribution in [3.63, 3.8) is 0 Å². The lowest BCUT2D eigenvalue weighted by molar-refractivity contribution is 0.262. The number of halogens is 2. The number of hydrogen-bond acceptors (Lipinski definition) is 2. The quantitative estimate of drug-likeness (QED) is 0.542. The van der Waals surface area contributed by atoms with Gasteiger partial charge in [0, 0.05) is 29.7 Å². The number of aromatic nitrogens is 2. The van der Waals surface area contributed by atoms with E-state index in [1.54, 1.807) is 12.1 Å². The maximum absolute atomic E-state index is 13.6. The molecule has 0 fully saturated rings. The average molecular weight is 364 g/mol. The van der Waals surface area contributed by atoms with Gasteiger partial charge in [-0.25, -0.2) is 18.6 Å². The Balaban J connectivity index is 1.46. The first-order valence-electron chi connectivity index (χ1n) is 8.16. The molecule has 0 aliphatic heterocycles. The molecule has 2 aromatic carbocycles. The summed E-state index contributed by atoms with van der Waals surface area (Å²) in [7, 11) is 0. The molecule has 2 N–H and O–H groups in total. The van der Waals surface area contributed by atoms with Gasteiger partial charge in [0.15, 0.2) is 0 Å². The van der Waals surface area contributed by atoms with Crippen LogP contribution in [0.1, 0.15) is 0 Å². The van der Waals surface area contributed by atoms with E-state index in [1.807, 2.05) is 47.1 Å². The fourth-order valence-corrected chi connectivity index (χ4v) is 2.67. The molecule has 7 heteroatoms. The van der Waals surface area contributed by atoms with Crippen LogP contribution in [0.15, 0.2) is 73.1 Å². The maximum atomic E-state index is 13.6. The Hall–Kier alpha value is -3.74. The number of imidazole rings is 1. The lowest BCUT2D eigenvalue weighted by Crippen LogP contribution is -2.20. The highest BCUT2D eigenvalue weighted by Gasteiger charge is 2.09. The minimum absolute atomic E-state index is 0.102. The highest BCUT2D eigenvalue weighted by Crippen LogP contribution is 2.22. The van der Waals surface area contributed by atoms with Gasteiger partial charge in [-0.05, 0) is 36.4 Å². The lowest BCUT2D eigenvalue weighted by Gasteiger charge is -2.09. The number of carbonyl (C=O) groups is 1. The number of rotatable bonds is 3. The number of fused-ring (bicyclic) bond motifs is 1. The first-order chi connectivity index (χ1) is 13.1. The van der Waals surface area contributed by atoms with Crippen LogP contribution in [0.4, 0.5) is 25.0 Å². The van der Waals surface area contributed by atoms with E-state index in [4.69, 9.17) is 0 Å². The van der Waals surface area contributed by atoms with Crippen molar-refractivity contribution >= 4 is 23.1 Å². The smallest absolute Gasteiger partial charge is 0.308 e. The van der Waals surface area contributed by atoms with E-state index in [0.29, 0.717) is 11.8 Å². The SMILES string of the molecule is O=C(Nc1ccc(-c2cn3ccccc3n2)cc1)Nc1ccc(F)cc1F. The number of nitrogens with one attached hydrogen (secondary N) is 2. The van der Waals surface area contributed by atoms with Crippen LogP contribution in [0.25, 0.3) is 16.9 Å². The molecule has 0 bridgehead atoms. The van der Waals surface area contributed by atoms with Crippen LogP contribution < -0.4 is 10.6 Å². The van der Waals surface area contributed by atoms with Gasteiger partial charge in [-0.2, -0.15) is 0 Å². The number of urea groups is 1. The number of pyridine rings is 1. The zero-order chi connectivity index (χ0) is 18.8. The van der Waals surface area contributed by atoms with Gasteiger partial charge < -0.3 is 15.0 Å². The highest BCUT2D eigenvalue weighted by molar-refractivity contribution is 5.99. The normalized spacial score (nSPS) is 10.7. The van der Waals surface area contributed by atoms with E-state index in [1.165, 1.54) is 0 Å². The topological polar surface area (TPSA) is 58.4 Å². The van der Waals surface area contributed by atoms with Crippen molar-refractivity contribution < 1.29 is 13.6 Å². The summed E-state index contributed by atoms with van der Waals surface area (Å²) in [5.41, 5.74) is 2.98. The number of hydrogen-bond donors (Lipinski definition) is 2. The third-order valence-corrected chi connectivity index (χ3v) is 3.98. The molecule has 134 valence electrons. The van der Waals surface area contributed by atoms with Crippen molar-refractivity contribution in [1.29, 1.82) is 0 Å². The Morgan fingerprint density at radius 3 is 2.52 bits per heavy atom. The first kappa shape index (κ1) is 16.7. The Labute approximate surface area is 153 Å². The van der Waals surface area contributed by atoms with Crippen molar-refractivity contribution in [2.24, 2.45) is 0 Å². The van der Waals surface area contributed by atoms with Gasteiger partial charge in [0.05, 0.1) is 11.4 Å². The zero-order valence-electron chi connectivity index (χ0n) is 14.0. The van der Waals surface area contributed by atoms with Crippen LogP contribution in [-0.2, 0) is 0 Å². The van der Waals surface area contributed by atoms with Crippen LogP contribution in [0.5, 0.6) is 0 Å². The molecule has 2 aromatic heterocycles. The Morgan fingerprint density at radius 1 is 0.963 bits per heavy atom. The van der Waals surface area contributed by atoms with E-state index >= 15 is 0 Å². The average Bonchev–Trinajstić information content (AvgIpc) is 3.09. The second-order valence-electron chi connectivity index (χ2n) is 5.87. The van der Waals surface area contributed by atoms with Crippen molar-refractivity contribution in [3.8, 4) is 11.3 Å². The second kappa shape index (κ2) is 6.87. The standard InChI is InChI=1S/C20H14F2N4O/c21-14-6-9-17(16(22)11-14)25-20(27)23-15-7-4-13(5-8-15)18-12-26-10-2-1-3-19(26)24-18/h1-12H,(H2,23,25,27). The van der Waals surface area contributed by atoms with E-state index in [0.717, 1.165) is 29.0 Å². The largest absolute Gasteiger partial charge is 0.323 e. The van der Waals surface area contributed by atoms with E-state index in [-0.39, 0.29) is 5.69 Å². The van der Waals surface area contributed by atoms with Crippen LogP contribution in [0, 0.1) is 11.6 Å². The molecule has 4 rings (SSSR count). The second-order valence-corrected chi connectivity index (χ2v) is 5.87. The predicted molar refractivity (Wildman–Crippen MR) is 99.6 cm³/mol. The first-order valence-corrected chi connectivity index (χ1v) is 8.16. The van der Waals surface area contributed by atoms with Crippen LogP contribution in [-0.4, -0.2) is 15.4 Å². The summed E-state index contributed by atoms with van der Waals surface area (Å²) < 4.78 is 28.4. The van der Waals surface area contributed by atoms with Gasteiger partial charge in [-0.15, -0.1) is 0 Å². The summed E-state index contributed by atoms with van der Waals surface area (Å²) in [6.07, 6.45) is 3.84. The van der Waals surface area contributed by atoms with Gasteiger partial charge in [-0.1, -0.05) is 18.2 Å². The van der Waals surface area contributed by atoms with Gasteiger partial charge in [0.25, 0.3) is 0 Å². The molecular formula is C20H14F2N4O. The van der Waals surface area contributed by atoms with Crippen LogP contribution in [0.3, 0.4) is 0 Å². The lowest BCUT2D eigenvalue weighted by atomic mass is 10.1. The van der Waals surface area contributed by atoms with E-state index in [9.17, 15) is 13.6 Å². The molecule has 4 aromatic rings. The van der Waals surface area contributed by atoms with Gasteiger partial charge >= 0.3 is 6.03 Å². The van der Waals surface area contributed by atoms with E-state index in [2.05, 4.69) is 15.6 Å². The van der Waals surface area contributed by atoms with Gasteiger partial charge in [0.1, 0.15) is 17.3 Å². The molecule has 0 saturated carbocycles. The summed E-state index contributed by atoms with van der Waals surface area (Å²) in [4.78, 5) is 16.5. The molecule has 27 heavy (non-hydrogen) atoms. The fourth-order valence-electron chi connectivity index (χ4n) is 2.67. The Kier molecular flexibility index (Phi) is 4.25. The molecule has 0 unspecified atom stereocenters. The molecule has 0 radical (unpaired) electrons. The minimum Gasteiger partial charge on any atom is -0.308 e. The molecule has 5 nitrogen and oxygen atoms in total. The summed E-state index contributed by atoms with van der Waals surface area (Å²) in [6, 6.07) is 15.2. The third-order valence-electron chi connectivity index (χ3n) is 3.98. The monoisotopic (exact) mass is 364 g/mol. The molecule has 0 spiro atoms. The van der Waals surface area contributed by atoms with Crippen LogP contribution in [0.2, 0.25) is 0 Å². The van der Waals surface area contributed by atoms with Crippen molar-refractivity contribution in [2.75, 3.05) is 10.6 Å². The molecule has 2 heterocycles. The van der Waals surface area contributed by atoms with Crippen molar-refractivity contribution in [2.45, 2.75) is 0 Å². The summed E-state index contributed by atoms with van der Waals surface area (Å²) in [5.74, 6) is -1.55. The van der Waals surface area contributed by atoms with Crippen LogP contribution >= 0.6 is 0 Å². The summed E-state index contributed by atoms with van der Waals surface area (Å²) >= 11 is 0. The number of nitrogens with zero attached hydrogens (tertiary/aromatic N) is 2. The number of benzene rings is 2. The molecule has 0 aliphatic carbocycles. The molecule has 0 saturated heterocycles. The maximum Gasteiger partial charge on any atom is 0.323 e. The third kappa shape index (κ3) is 3.62. The predicted octanol–water partition coefficient (Wildman–Crippen LogP) is 4.92. The van der Waals surface area contributed by atoms with Gasteiger partial charge in [-0.3, -0.25) is 0 Å². The highest BCUT2D eigenvalue weighted by atomic mass is 19.1. The number of carbonyl (C=O) groups excluding carboxylic acids is 1. The molecule has 2 amide bonds. The minimum atomic E-state index is -0.840. The summed E-state index contributed by atoms with van der Waals surface area (Å²) in [5, 5.41) is 4.94. The van der Waals surface area contributed by atoms with Crippen molar-refractivity contribution in [1.82, 2.24) is 9.38 Å². The Morgan fingerprint density at radius 2 is 1.78 bits per heavy atom. The molecular weight excluding hydrogens is 350 g/mol. The van der Waals surface area contributed by atoms with E-state index < -0.39 is 17.7 Å². The zero-order valence-corrected chi connectivity index (χ0v) is 14.0. The van der Waals surface area contributed by atoms with Gasteiger partial charge in [0.2, 0.25) is 0 Å². The fraction of sp³-hybridized carbons (Fsp3) is 0. The number of anilines is 2. The number of amides is 2. The molecule has 0 aliphatic rings. The van der Waals surface area contributed by atoms with Crippen molar-refractivity contribution in [3.05, 3.63) is 84.7 Å².